The highest BCUT2D eigenvalue weighted by molar-refractivity contribution is 5.95. The third kappa shape index (κ3) is 3.97. The van der Waals surface area contributed by atoms with Crippen molar-refractivity contribution in [2.75, 3.05) is 21.3 Å². The average Bonchev–Trinajstić information content (AvgIpc) is 2.53. The lowest BCUT2D eigenvalue weighted by Crippen LogP contribution is -2.33. The maximum absolute atomic E-state index is 11.8. The predicted molar refractivity (Wildman–Crippen MR) is 78.2 cm³/mol. The van der Waals surface area contributed by atoms with Gasteiger partial charge in [-0.25, -0.2) is 0 Å². The van der Waals surface area contributed by atoms with E-state index in [1.807, 2.05) is 32.1 Å². The van der Waals surface area contributed by atoms with Crippen molar-refractivity contribution in [2.24, 2.45) is 11.8 Å². The lowest BCUT2D eigenvalue weighted by atomic mass is 9.84. The van der Waals surface area contributed by atoms with Gasteiger partial charge < -0.3 is 14.2 Å². The standard InChI is InChI=1S/C16H22O5/c1-10(12-6-8-13(19-3)9-7-12)11(2)14(15(17)20-4)16(18)21-5/h6,8-9,11,14H,7H2,1-5H3/b12-10+. The van der Waals surface area contributed by atoms with Crippen LogP contribution < -0.4 is 0 Å². The zero-order valence-electron chi connectivity index (χ0n) is 13.1. The minimum absolute atomic E-state index is 0.304. The van der Waals surface area contributed by atoms with Crippen molar-refractivity contribution in [3.63, 3.8) is 0 Å². The average molecular weight is 294 g/mol. The van der Waals surface area contributed by atoms with Gasteiger partial charge >= 0.3 is 11.9 Å². The Morgan fingerprint density at radius 3 is 2.05 bits per heavy atom. The third-order valence-corrected chi connectivity index (χ3v) is 3.81. The summed E-state index contributed by atoms with van der Waals surface area (Å²) in [6.07, 6.45) is 6.46. The van der Waals surface area contributed by atoms with E-state index in [1.54, 1.807) is 7.11 Å². The second-order valence-electron chi connectivity index (χ2n) is 4.87. The first-order valence-electron chi connectivity index (χ1n) is 6.73. The highest BCUT2D eigenvalue weighted by Crippen LogP contribution is 2.29. The number of hydrogen-bond donors (Lipinski definition) is 0. The maximum Gasteiger partial charge on any atom is 0.320 e. The zero-order chi connectivity index (χ0) is 16.0. The Morgan fingerprint density at radius 2 is 1.67 bits per heavy atom. The van der Waals surface area contributed by atoms with E-state index in [-0.39, 0.29) is 5.92 Å². The van der Waals surface area contributed by atoms with E-state index in [0.717, 1.165) is 16.9 Å². The molecule has 0 saturated carbocycles. The van der Waals surface area contributed by atoms with Crippen LogP contribution in [0.2, 0.25) is 0 Å². The molecule has 1 atom stereocenters. The summed E-state index contributed by atoms with van der Waals surface area (Å²) in [5.41, 5.74) is 2.01. The molecule has 5 nitrogen and oxygen atoms in total. The topological polar surface area (TPSA) is 61.8 Å². The molecule has 0 aromatic rings. The summed E-state index contributed by atoms with van der Waals surface area (Å²) in [5.74, 6) is -1.61. The monoisotopic (exact) mass is 294 g/mol. The van der Waals surface area contributed by atoms with Crippen molar-refractivity contribution in [1.82, 2.24) is 0 Å². The fourth-order valence-electron chi connectivity index (χ4n) is 2.27. The van der Waals surface area contributed by atoms with Gasteiger partial charge in [-0.1, -0.05) is 18.6 Å². The summed E-state index contributed by atoms with van der Waals surface area (Å²) in [5, 5.41) is 0. The van der Waals surface area contributed by atoms with Crippen LogP contribution in [0.3, 0.4) is 0 Å². The molecule has 21 heavy (non-hydrogen) atoms. The molecule has 0 aliphatic heterocycles. The summed E-state index contributed by atoms with van der Waals surface area (Å²) < 4.78 is 14.6. The van der Waals surface area contributed by atoms with Gasteiger partial charge in [0.1, 0.15) is 5.76 Å². The van der Waals surface area contributed by atoms with Crippen molar-refractivity contribution >= 4 is 11.9 Å². The van der Waals surface area contributed by atoms with Crippen LogP contribution in [-0.4, -0.2) is 33.3 Å². The summed E-state index contributed by atoms with van der Waals surface area (Å²) in [4.78, 5) is 23.7. The van der Waals surface area contributed by atoms with Crippen molar-refractivity contribution in [3.8, 4) is 0 Å². The summed E-state index contributed by atoms with van der Waals surface area (Å²) in [6.45, 7) is 3.74. The molecule has 0 spiro atoms. The van der Waals surface area contributed by atoms with Gasteiger partial charge in [-0.05, 0) is 31.1 Å². The van der Waals surface area contributed by atoms with Gasteiger partial charge in [0.25, 0.3) is 0 Å². The van der Waals surface area contributed by atoms with E-state index in [2.05, 4.69) is 0 Å². The smallest absolute Gasteiger partial charge is 0.320 e. The molecule has 0 aromatic heterocycles. The Hall–Kier alpha value is -2.04. The Balaban J connectivity index is 3.02. The number of ether oxygens (including phenoxy) is 3. The van der Waals surface area contributed by atoms with Gasteiger partial charge in [0, 0.05) is 5.92 Å². The molecule has 0 heterocycles. The molecule has 0 aromatic carbocycles. The number of carbonyl (C=O) groups is 2. The maximum atomic E-state index is 11.8. The molecular weight excluding hydrogens is 272 g/mol. The van der Waals surface area contributed by atoms with Gasteiger partial charge in [-0.2, -0.15) is 0 Å². The van der Waals surface area contributed by atoms with Gasteiger partial charge in [0.2, 0.25) is 0 Å². The van der Waals surface area contributed by atoms with Crippen LogP contribution in [0.4, 0.5) is 0 Å². The molecule has 1 unspecified atom stereocenters. The molecule has 0 fully saturated rings. The minimum Gasteiger partial charge on any atom is -0.497 e. The number of hydrogen-bond acceptors (Lipinski definition) is 5. The number of rotatable bonds is 5. The molecule has 5 heteroatoms. The zero-order valence-corrected chi connectivity index (χ0v) is 13.1. The summed E-state index contributed by atoms with van der Waals surface area (Å²) in [7, 11) is 4.15. The van der Waals surface area contributed by atoms with Gasteiger partial charge in [-0.15, -0.1) is 0 Å². The molecule has 1 aliphatic carbocycles. The second kappa shape index (κ2) is 7.67. The summed E-state index contributed by atoms with van der Waals surface area (Å²) in [6, 6.07) is 0. The lowest BCUT2D eigenvalue weighted by Gasteiger charge is -2.23. The first kappa shape index (κ1) is 17.0. The third-order valence-electron chi connectivity index (χ3n) is 3.81. The molecule has 0 amide bonds. The van der Waals surface area contributed by atoms with Crippen LogP contribution in [0.25, 0.3) is 0 Å². The number of methoxy groups -OCH3 is 3. The molecule has 1 rings (SSSR count). The minimum atomic E-state index is -0.950. The highest BCUT2D eigenvalue weighted by atomic mass is 16.5. The Kier molecular flexibility index (Phi) is 6.21. The van der Waals surface area contributed by atoms with Gasteiger partial charge in [-0.3, -0.25) is 9.59 Å². The Morgan fingerprint density at radius 1 is 1.10 bits per heavy atom. The largest absolute Gasteiger partial charge is 0.497 e. The normalized spacial score (nSPS) is 17.9. The van der Waals surface area contributed by atoms with E-state index < -0.39 is 17.9 Å². The van der Waals surface area contributed by atoms with E-state index in [1.165, 1.54) is 14.2 Å². The van der Waals surface area contributed by atoms with Gasteiger partial charge in [0.15, 0.2) is 5.92 Å². The Labute approximate surface area is 125 Å². The van der Waals surface area contributed by atoms with E-state index in [4.69, 9.17) is 14.2 Å². The predicted octanol–water partition coefficient (Wildman–Crippen LogP) is 2.39. The van der Waals surface area contributed by atoms with Crippen molar-refractivity contribution in [2.45, 2.75) is 20.3 Å². The molecule has 0 N–H and O–H groups in total. The lowest BCUT2D eigenvalue weighted by molar-refractivity contribution is -0.160. The second-order valence-corrected chi connectivity index (χ2v) is 4.87. The number of allylic oxidation sites excluding steroid dienone is 5. The molecule has 0 saturated heterocycles. The SMILES string of the molecule is COC(=O)C(C(=O)OC)C(C)/C(C)=C1\C=CC(OC)=CC1. The van der Waals surface area contributed by atoms with Crippen LogP contribution >= 0.6 is 0 Å². The summed E-state index contributed by atoms with van der Waals surface area (Å²) >= 11 is 0. The van der Waals surface area contributed by atoms with Crippen LogP contribution in [0, 0.1) is 11.8 Å². The van der Waals surface area contributed by atoms with E-state index >= 15 is 0 Å². The van der Waals surface area contributed by atoms with Crippen LogP contribution in [-0.2, 0) is 23.8 Å². The van der Waals surface area contributed by atoms with Crippen LogP contribution in [0.5, 0.6) is 0 Å². The van der Waals surface area contributed by atoms with E-state index in [0.29, 0.717) is 6.42 Å². The molecular formula is C16H22O5. The van der Waals surface area contributed by atoms with Crippen LogP contribution in [0.1, 0.15) is 20.3 Å². The number of esters is 2. The van der Waals surface area contributed by atoms with E-state index in [9.17, 15) is 9.59 Å². The fourth-order valence-corrected chi connectivity index (χ4v) is 2.27. The highest BCUT2D eigenvalue weighted by Gasteiger charge is 2.35. The van der Waals surface area contributed by atoms with Gasteiger partial charge in [0.05, 0.1) is 21.3 Å². The Bertz CT molecular complexity index is 483. The molecule has 1 aliphatic rings. The first-order valence-corrected chi connectivity index (χ1v) is 6.73. The molecule has 0 bridgehead atoms. The van der Waals surface area contributed by atoms with Crippen LogP contribution in [0.15, 0.2) is 35.1 Å². The molecule has 116 valence electrons. The quantitative estimate of drug-likeness (QED) is 0.575. The van der Waals surface area contributed by atoms with Crippen molar-refractivity contribution in [1.29, 1.82) is 0 Å². The number of carbonyl (C=O) groups excluding carboxylic acids is 2. The fraction of sp³-hybridized carbons (Fsp3) is 0.500. The first-order chi connectivity index (χ1) is 9.96. The van der Waals surface area contributed by atoms with Crippen molar-refractivity contribution < 1.29 is 23.8 Å². The molecule has 0 radical (unpaired) electrons. The van der Waals surface area contributed by atoms with Crippen molar-refractivity contribution in [3.05, 3.63) is 35.1 Å².